The minimum Gasteiger partial charge on any atom is -0.462 e. The molecule has 1 rings (SSSR count). The molecule has 0 bridgehead atoms. The Morgan fingerprint density at radius 2 is 1.53 bits per heavy atom. The standard InChI is InChI=1S/C16H23F6N3O7S2/c1-5-6-7-10-32-13(26)14(2,24-9-8-23(3)11-24)12(31-4)25(33(27,28)15(17,18)19)34(29,30)16(20,21)22/h8-9,11H,5-7,10H2,1-4H3/q+2. The molecule has 0 radical (unpaired) electrons. The highest BCUT2D eigenvalue weighted by molar-refractivity contribution is 7.98. The van der Waals surface area contributed by atoms with Crippen LogP contribution in [0.5, 0.6) is 0 Å². The molecule has 0 aliphatic heterocycles. The number of ether oxygens (including phenoxy) is 2. The highest BCUT2D eigenvalue weighted by Gasteiger charge is 2.72. The van der Waals surface area contributed by atoms with Gasteiger partial charge in [0.15, 0.2) is 0 Å². The predicted molar refractivity (Wildman–Crippen MR) is 102 cm³/mol. The maximum absolute atomic E-state index is 13.3. The van der Waals surface area contributed by atoms with Crippen molar-refractivity contribution in [2.24, 2.45) is 7.05 Å². The van der Waals surface area contributed by atoms with Gasteiger partial charge in [-0.05, 0) is 6.42 Å². The van der Waals surface area contributed by atoms with Gasteiger partial charge in [-0.25, -0.2) is 13.9 Å². The number of unbranched alkanes of at least 4 members (excludes halogenated alkanes) is 2. The average molecular weight is 547 g/mol. The number of aromatic nitrogens is 2. The van der Waals surface area contributed by atoms with Crippen LogP contribution in [0.1, 0.15) is 33.1 Å². The Morgan fingerprint density at radius 3 is 1.88 bits per heavy atom. The maximum Gasteiger partial charge on any atom is 0.561 e. The van der Waals surface area contributed by atoms with Crippen molar-refractivity contribution in [2.75, 3.05) is 13.7 Å². The Kier molecular flexibility index (Phi) is 8.80. The molecule has 0 saturated carbocycles. The Morgan fingerprint density at radius 1 is 1.03 bits per heavy atom. The molecule has 1 atom stereocenters. The summed E-state index contributed by atoms with van der Waals surface area (Å²) in [6.07, 6.45) is 4.58. The van der Waals surface area contributed by atoms with Gasteiger partial charge < -0.3 is 9.47 Å². The van der Waals surface area contributed by atoms with E-state index in [2.05, 4.69) is 4.74 Å². The third-order valence-electron chi connectivity index (χ3n) is 4.46. The second-order valence-electron chi connectivity index (χ2n) is 7.01. The maximum atomic E-state index is 13.3. The number of nitrogens with zero attached hydrogens (tertiary/aromatic N) is 3. The van der Waals surface area contributed by atoms with Crippen LogP contribution in [0.4, 0.5) is 26.3 Å². The smallest absolute Gasteiger partial charge is 0.462 e. The fourth-order valence-corrected chi connectivity index (χ4v) is 5.52. The summed E-state index contributed by atoms with van der Waals surface area (Å²) in [5.41, 5.74) is -16.0. The van der Waals surface area contributed by atoms with Crippen LogP contribution in [-0.2, 0) is 46.9 Å². The van der Waals surface area contributed by atoms with Crippen LogP contribution >= 0.6 is 0 Å². The Bertz CT molecular complexity index is 1090. The van der Waals surface area contributed by atoms with Crippen LogP contribution in [-0.4, -0.2) is 61.4 Å². The number of methoxy groups -OCH3 is 1. The van der Waals surface area contributed by atoms with Crippen molar-refractivity contribution in [1.82, 2.24) is 4.57 Å². The summed E-state index contributed by atoms with van der Waals surface area (Å²) >= 11 is 0. The molecule has 10 nitrogen and oxygen atoms in total. The van der Waals surface area contributed by atoms with Crippen LogP contribution < -0.4 is 4.57 Å². The molecular weight excluding hydrogens is 524 g/mol. The average Bonchev–Trinajstić information content (AvgIpc) is 3.13. The number of rotatable bonds is 9. The van der Waals surface area contributed by atoms with Crippen LogP contribution in [0.3, 0.4) is 0 Å². The topological polar surface area (TPSA) is 116 Å². The van der Waals surface area contributed by atoms with E-state index in [0.717, 1.165) is 12.5 Å². The lowest BCUT2D eigenvalue weighted by Crippen LogP contribution is -2.56. The number of halogens is 6. The molecule has 0 amide bonds. The van der Waals surface area contributed by atoms with E-state index >= 15 is 0 Å². The van der Waals surface area contributed by atoms with Gasteiger partial charge in [-0.3, -0.25) is 0 Å². The Labute approximate surface area is 191 Å². The lowest BCUT2D eigenvalue weighted by atomic mass is 10.0. The molecule has 1 aromatic rings. The highest BCUT2D eigenvalue weighted by Crippen LogP contribution is 2.35. The largest absolute Gasteiger partial charge is 0.561 e. The second kappa shape index (κ2) is 10.1. The molecule has 1 aromatic heterocycles. The molecule has 1 heterocycles. The van der Waals surface area contributed by atoms with Gasteiger partial charge in [0.2, 0.25) is 6.33 Å². The molecule has 0 aliphatic rings. The van der Waals surface area contributed by atoms with Crippen molar-refractivity contribution < 1.29 is 65.4 Å². The molecule has 0 N–H and O–H groups in total. The first-order valence-corrected chi connectivity index (χ1v) is 12.2. The lowest BCUT2D eigenvalue weighted by Gasteiger charge is -2.23. The summed E-state index contributed by atoms with van der Waals surface area (Å²) < 4.78 is 138. The molecule has 0 aromatic carbocycles. The van der Waals surface area contributed by atoms with E-state index in [9.17, 15) is 48.0 Å². The summed E-state index contributed by atoms with van der Waals surface area (Å²) in [7, 11) is -12.8. The van der Waals surface area contributed by atoms with Crippen LogP contribution in [0.15, 0.2) is 18.7 Å². The van der Waals surface area contributed by atoms with Gasteiger partial charge in [0.1, 0.15) is 12.4 Å². The molecule has 1 unspecified atom stereocenters. The van der Waals surface area contributed by atoms with E-state index < -0.39 is 51.9 Å². The number of carbonyl (C=O) groups is 1. The Balaban J connectivity index is 4.15. The number of aryl methyl sites for hydroxylation is 1. The number of imidazole rings is 1. The number of hydrogen-bond acceptors (Lipinski definition) is 7. The number of hydrogen-bond donors (Lipinski definition) is 0. The third-order valence-corrected chi connectivity index (χ3v) is 8.01. The first-order chi connectivity index (χ1) is 15.3. The quantitative estimate of drug-likeness (QED) is 0.115. The molecule has 0 spiro atoms. The fourth-order valence-electron chi connectivity index (χ4n) is 2.66. The predicted octanol–water partition coefficient (Wildman–Crippen LogP) is 1.52. The van der Waals surface area contributed by atoms with Crippen molar-refractivity contribution in [3.05, 3.63) is 18.7 Å². The van der Waals surface area contributed by atoms with Gasteiger partial charge in [-0.2, -0.15) is 43.2 Å². The van der Waals surface area contributed by atoms with Gasteiger partial charge in [-0.15, -0.1) is 0 Å². The van der Waals surface area contributed by atoms with Gasteiger partial charge in [0.05, 0.1) is 24.2 Å². The highest BCUT2D eigenvalue weighted by atomic mass is 32.3. The summed E-state index contributed by atoms with van der Waals surface area (Å²) in [5, 5.41) is 0. The first kappa shape index (κ1) is 29.7. The molecular formula is C16H23F6N3O7S2+2. The van der Waals surface area contributed by atoms with Crippen molar-refractivity contribution in [3.63, 3.8) is 0 Å². The summed E-state index contributed by atoms with van der Waals surface area (Å²) in [5.74, 6) is -3.60. The van der Waals surface area contributed by atoms with Crippen molar-refractivity contribution in [2.45, 2.75) is 49.7 Å². The summed E-state index contributed by atoms with van der Waals surface area (Å²) in [6.45, 7) is 2.11. The molecule has 0 fully saturated rings. The van der Waals surface area contributed by atoms with E-state index in [4.69, 9.17) is 4.74 Å². The zero-order valence-electron chi connectivity index (χ0n) is 18.3. The van der Waals surface area contributed by atoms with Crippen LogP contribution in [0.25, 0.3) is 0 Å². The van der Waals surface area contributed by atoms with E-state index in [1.165, 1.54) is 17.8 Å². The molecule has 196 valence electrons. The third kappa shape index (κ3) is 5.47. The van der Waals surface area contributed by atoms with Crippen molar-refractivity contribution in [3.8, 4) is 0 Å². The van der Waals surface area contributed by atoms with E-state index in [0.29, 0.717) is 31.4 Å². The van der Waals surface area contributed by atoms with Gasteiger partial charge in [0.25, 0.3) is 0 Å². The Hall–Kier alpha value is -2.37. The van der Waals surface area contributed by atoms with E-state index in [1.807, 2.05) is 0 Å². The van der Waals surface area contributed by atoms with Gasteiger partial charge >= 0.3 is 48.5 Å². The number of esters is 1. The van der Waals surface area contributed by atoms with Crippen molar-refractivity contribution >= 4 is 31.9 Å². The first-order valence-electron chi connectivity index (χ1n) is 9.35. The summed E-state index contributed by atoms with van der Waals surface area (Å²) in [6, 6.07) is 0. The summed E-state index contributed by atoms with van der Waals surface area (Å²) in [4.78, 5) is 13.0. The molecule has 0 saturated heterocycles. The van der Waals surface area contributed by atoms with Gasteiger partial charge in [0, 0.05) is 6.92 Å². The number of alkyl halides is 6. The molecule has 34 heavy (non-hydrogen) atoms. The minimum atomic E-state index is -7.30. The molecule has 0 aliphatic carbocycles. The molecule has 18 heteroatoms. The normalized spacial score (nSPS) is 14.9. The van der Waals surface area contributed by atoms with Crippen LogP contribution in [0.2, 0.25) is 0 Å². The monoisotopic (exact) mass is 547 g/mol. The van der Waals surface area contributed by atoms with E-state index in [1.54, 1.807) is 6.92 Å². The fraction of sp³-hybridized carbons (Fsp3) is 0.688. The van der Waals surface area contributed by atoms with Crippen molar-refractivity contribution in [1.29, 1.82) is 0 Å². The second-order valence-corrected chi connectivity index (χ2v) is 10.8. The number of sulfonamides is 2. The zero-order chi connectivity index (χ0) is 26.8. The van der Waals surface area contributed by atoms with E-state index in [-0.39, 0.29) is 13.0 Å². The SMILES string of the molecule is CCCCCOC(=O)C(C)(C(OC)=[N+](S(=O)(=O)C(F)(F)F)S(=O)(=O)C(F)(F)F)n1cc[n+](C)c1. The minimum absolute atomic E-state index is 0.255. The van der Waals surface area contributed by atoms with Crippen LogP contribution in [0, 0.1) is 0 Å². The van der Waals surface area contributed by atoms with Gasteiger partial charge in [-0.1, -0.05) is 19.8 Å². The lowest BCUT2D eigenvalue weighted by molar-refractivity contribution is -0.671. The number of carbonyl (C=O) groups excluding carboxylic acids is 1. The zero-order valence-corrected chi connectivity index (χ0v) is 20.0.